The van der Waals surface area contributed by atoms with Crippen molar-refractivity contribution in [2.45, 2.75) is 38.5 Å². The maximum Gasteiger partial charge on any atom is 0.207 e. The molecule has 0 aromatic heterocycles. The Morgan fingerprint density at radius 1 is 1.25 bits per heavy atom. The van der Waals surface area contributed by atoms with Crippen molar-refractivity contribution in [2.24, 2.45) is 11.3 Å². The van der Waals surface area contributed by atoms with Crippen molar-refractivity contribution in [3.8, 4) is 0 Å². The van der Waals surface area contributed by atoms with E-state index in [4.69, 9.17) is 0 Å². The molecule has 0 amide bonds. The molecule has 0 aliphatic heterocycles. The number of aryl methyl sites for hydroxylation is 1. The maximum absolute atomic E-state index is 11.5. The van der Waals surface area contributed by atoms with Gasteiger partial charge in [0.25, 0.3) is 0 Å². The van der Waals surface area contributed by atoms with E-state index in [-0.39, 0.29) is 17.4 Å². The van der Waals surface area contributed by atoms with E-state index in [1.165, 1.54) is 5.56 Å². The number of nitrogens with zero attached hydrogens (tertiary/aromatic N) is 1. The van der Waals surface area contributed by atoms with Gasteiger partial charge in [0.05, 0.1) is 0 Å². The van der Waals surface area contributed by atoms with Gasteiger partial charge >= 0.3 is 0 Å². The standard InChI is InChI=1S/C16H21NO3/c18-13-16(10-4-5-11-16)15(12-17(19)20)9-8-14-6-2-1-3-7-14/h1-3,6-7,13,15H,4-5,8-12H2/t15-/m0/s1. The Hall–Kier alpha value is -1.71. The average molecular weight is 275 g/mol. The summed E-state index contributed by atoms with van der Waals surface area (Å²) >= 11 is 0. The van der Waals surface area contributed by atoms with Crippen LogP contribution in [0.15, 0.2) is 30.3 Å². The molecule has 1 aliphatic carbocycles. The lowest BCUT2D eigenvalue weighted by Gasteiger charge is -2.29. The van der Waals surface area contributed by atoms with Crippen LogP contribution in [0.1, 0.15) is 37.7 Å². The molecule has 108 valence electrons. The van der Waals surface area contributed by atoms with Gasteiger partial charge in [0, 0.05) is 16.3 Å². The molecule has 1 aromatic rings. The highest BCUT2D eigenvalue weighted by Gasteiger charge is 2.43. The Bertz CT molecular complexity index is 452. The van der Waals surface area contributed by atoms with Gasteiger partial charge in [0.1, 0.15) is 6.29 Å². The normalized spacial score (nSPS) is 18.6. The number of aldehydes is 1. The molecule has 1 aromatic carbocycles. The molecule has 0 heterocycles. The summed E-state index contributed by atoms with van der Waals surface area (Å²) in [5.41, 5.74) is 0.724. The van der Waals surface area contributed by atoms with Crippen LogP contribution in [0.2, 0.25) is 0 Å². The zero-order valence-electron chi connectivity index (χ0n) is 11.7. The molecule has 0 spiro atoms. The van der Waals surface area contributed by atoms with Crippen LogP contribution >= 0.6 is 0 Å². The molecule has 0 radical (unpaired) electrons. The van der Waals surface area contributed by atoms with Crippen LogP contribution in [0.4, 0.5) is 0 Å². The monoisotopic (exact) mass is 275 g/mol. The van der Waals surface area contributed by atoms with Crippen molar-refractivity contribution >= 4 is 6.29 Å². The van der Waals surface area contributed by atoms with E-state index in [1.54, 1.807) is 0 Å². The molecule has 0 N–H and O–H groups in total. The van der Waals surface area contributed by atoms with Gasteiger partial charge in [-0.05, 0) is 31.2 Å². The number of carbonyl (C=O) groups is 1. The number of benzene rings is 1. The second-order valence-corrected chi connectivity index (χ2v) is 5.79. The molecule has 0 unspecified atom stereocenters. The van der Waals surface area contributed by atoms with Gasteiger partial charge in [-0.3, -0.25) is 10.1 Å². The van der Waals surface area contributed by atoms with Gasteiger partial charge in [-0.15, -0.1) is 0 Å². The maximum atomic E-state index is 11.5. The highest BCUT2D eigenvalue weighted by molar-refractivity contribution is 5.60. The minimum absolute atomic E-state index is 0.0917. The third-order valence-corrected chi connectivity index (χ3v) is 4.58. The van der Waals surface area contributed by atoms with Gasteiger partial charge in [0.2, 0.25) is 6.54 Å². The summed E-state index contributed by atoms with van der Waals surface area (Å²) in [4.78, 5) is 22.2. The summed E-state index contributed by atoms with van der Waals surface area (Å²) in [5, 5.41) is 10.9. The first-order valence-corrected chi connectivity index (χ1v) is 7.28. The Morgan fingerprint density at radius 3 is 2.45 bits per heavy atom. The van der Waals surface area contributed by atoms with Crippen LogP contribution in [0, 0.1) is 21.4 Å². The Morgan fingerprint density at radius 2 is 1.90 bits per heavy atom. The predicted molar refractivity (Wildman–Crippen MR) is 77.1 cm³/mol. The lowest BCUT2D eigenvalue weighted by Crippen LogP contribution is -2.34. The number of nitro groups is 1. The van der Waals surface area contributed by atoms with Crippen LogP contribution in [-0.2, 0) is 11.2 Å². The van der Waals surface area contributed by atoms with Crippen LogP contribution in [-0.4, -0.2) is 17.8 Å². The van der Waals surface area contributed by atoms with E-state index in [1.807, 2.05) is 30.3 Å². The fourth-order valence-corrected chi connectivity index (χ4v) is 3.38. The number of hydrogen-bond donors (Lipinski definition) is 0. The second-order valence-electron chi connectivity index (χ2n) is 5.79. The number of rotatable bonds is 7. The molecular formula is C16H21NO3. The SMILES string of the molecule is O=CC1([C@@H](CCc2ccccc2)C[N+](=O)[O-])CCCC1. The Labute approximate surface area is 119 Å². The number of carbonyl (C=O) groups excluding carboxylic acids is 1. The van der Waals surface area contributed by atoms with Crippen LogP contribution in [0.5, 0.6) is 0 Å². The third-order valence-electron chi connectivity index (χ3n) is 4.58. The lowest BCUT2D eigenvalue weighted by atomic mass is 9.72. The predicted octanol–water partition coefficient (Wildman–Crippen LogP) is 3.27. The van der Waals surface area contributed by atoms with Gasteiger partial charge < -0.3 is 4.79 Å². The van der Waals surface area contributed by atoms with Crippen molar-refractivity contribution in [3.05, 3.63) is 46.0 Å². The van der Waals surface area contributed by atoms with Crippen LogP contribution < -0.4 is 0 Å². The van der Waals surface area contributed by atoms with Crippen molar-refractivity contribution in [3.63, 3.8) is 0 Å². The molecule has 0 saturated heterocycles. The second kappa shape index (κ2) is 6.64. The summed E-state index contributed by atoms with van der Waals surface area (Å²) in [6.45, 7) is -0.0917. The molecular weight excluding hydrogens is 254 g/mol. The minimum Gasteiger partial charge on any atom is -0.303 e. The Kier molecular flexibility index (Phi) is 4.88. The van der Waals surface area contributed by atoms with Gasteiger partial charge in [-0.25, -0.2) is 0 Å². The molecule has 0 bridgehead atoms. The van der Waals surface area contributed by atoms with E-state index in [2.05, 4.69) is 0 Å². The fraction of sp³-hybridized carbons (Fsp3) is 0.562. The highest BCUT2D eigenvalue weighted by atomic mass is 16.6. The van der Waals surface area contributed by atoms with E-state index in [0.29, 0.717) is 6.42 Å². The molecule has 1 atom stereocenters. The number of hydrogen-bond acceptors (Lipinski definition) is 3. The summed E-state index contributed by atoms with van der Waals surface area (Å²) < 4.78 is 0. The van der Waals surface area contributed by atoms with Gasteiger partial charge in [-0.1, -0.05) is 43.2 Å². The van der Waals surface area contributed by atoms with E-state index in [9.17, 15) is 14.9 Å². The molecule has 20 heavy (non-hydrogen) atoms. The topological polar surface area (TPSA) is 60.2 Å². The van der Waals surface area contributed by atoms with Gasteiger partial charge in [0.15, 0.2) is 0 Å². The van der Waals surface area contributed by atoms with E-state index < -0.39 is 5.41 Å². The molecule has 1 aliphatic rings. The molecule has 4 nitrogen and oxygen atoms in total. The highest BCUT2D eigenvalue weighted by Crippen LogP contribution is 2.44. The quantitative estimate of drug-likeness (QED) is 0.436. The summed E-state index contributed by atoms with van der Waals surface area (Å²) in [6, 6.07) is 9.98. The largest absolute Gasteiger partial charge is 0.303 e. The van der Waals surface area contributed by atoms with E-state index >= 15 is 0 Å². The average Bonchev–Trinajstić information content (AvgIpc) is 2.94. The lowest BCUT2D eigenvalue weighted by molar-refractivity contribution is -0.491. The van der Waals surface area contributed by atoms with Crippen molar-refractivity contribution < 1.29 is 9.72 Å². The zero-order chi connectivity index (χ0) is 14.4. The fourth-order valence-electron chi connectivity index (χ4n) is 3.38. The molecule has 2 rings (SSSR count). The third kappa shape index (κ3) is 3.44. The van der Waals surface area contributed by atoms with Crippen molar-refractivity contribution in [1.82, 2.24) is 0 Å². The molecule has 1 fully saturated rings. The van der Waals surface area contributed by atoms with E-state index in [0.717, 1.165) is 38.4 Å². The smallest absolute Gasteiger partial charge is 0.207 e. The van der Waals surface area contributed by atoms with Crippen molar-refractivity contribution in [2.75, 3.05) is 6.54 Å². The summed E-state index contributed by atoms with van der Waals surface area (Å²) in [5.74, 6) is -0.141. The van der Waals surface area contributed by atoms with Gasteiger partial charge in [-0.2, -0.15) is 0 Å². The van der Waals surface area contributed by atoms with Crippen molar-refractivity contribution in [1.29, 1.82) is 0 Å². The van der Waals surface area contributed by atoms with Crippen LogP contribution in [0.25, 0.3) is 0 Å². The first-order chi connectivity index (χ1) is 9.66. The molecule has 4 heteroatoms. The Balaban J connectivity index is 2.07. The first-order valence-electron chi connectivity index (χ1n) is 7.28. The molecule has 1 saturated carbocycles. The first kappa shape index (κ1) is 14.7. The summed E-state index contributed by atoms with van der Waals surface area (Å²) in [6.07, 6.45) is 6.15. The zero-order valence-corrected chi connectivity index (χ0v) is 11.7. The van der Waals surface area contributed by atoms with Crippen LogP contribution in [0.3, 0.4) is 0 Å². The summed E-state index contributed by atoms with van der Waals surface area (Å²) in [7, 11) is 0. The minimum atomic E-state index is -0.456.